The van der Waals surface area contributed by atoms with Gasteiger partial charge in [-0.05, 0) is 18.1 Å². The summed E-state index contributed by atoms with van der Waals surface area (Å²) in [5.74, 6) is 1.22. The second kappa shape index (κ2) is 6.18. The molecule has 1 atom stereocenters. The molecule has 2 N–H and O–H groups in total. The molecule has 0 aliphatic carbocycles. The van der Waals surface area contributed by atoms with E-state index in [-0.39, 0.29) is 24.4 Å². The van der Waals surface area contributed by atoms with Crippen LogP contribution in [0.4, 0.5) is 0 Å². The third-order valence-electron chi connectivity index (χ3n) is 2.53. The highest BCUT2D eigenvalue weighted by Crippen LogP contribution is 2.23. The van der Waals surface area contributed by atoms with Crippen LogP contribution in [0.3, 0.4) is 0 Å². The number of rotatable bonds is 3. The summed E-state index contributed by atoms with van der Waals surface area (Å²) in [6, 6.07) is 7.07. The molecule has 2 aromatic rings. The molecule has 1 heterocycles. The molecule has 0 aliphatic heterocycles. The van der Waals surface area contributed by atoms with Gasteiger partial charge in [0.15, 0.2) is 0 Å². The van der Waals surface area contributed by atoms with Gasteiger partial charge in [-0.1, -0.05) is 42.7 Å². The van der Waals surface area contributed by atoms with Crippen molar-refractivity contribution in [3.63, 3.8) is 0 Å². The van der Waals surface area contributed by atoms with Crippen molar-refractivity contribution >= 4 is 24.0 Å². The Kier molecular flexibility index (Phi) is 5.14. The Morgan fingerprint density at radius 3 is 2.67 bits per heavy atom. The van der Waals surface area contributed by atoms with Crippen molar-refractivity contribution in [1.82, 2.24) is 10.1 Å². The van der Waals surface area contributed by atoms with Crippen molar-refractivity contribution in [2.45, 2.75) is 19.9 Å². The smallest absolute Gasteiger partial charge is 0.244 e. The lowest BCUT2D eigenvalue weighted by atomic mass is 10.1. The summed E-state index contributed by atoms with van der Waals surface area (Å²) >= 11 is 5.90. The third-order valence-corrected chi connectivity index (χ3v) is 2.76. The summed E-state index contributed by atoms with van der Waals surface area (Å²) in [5.41, 5.74) is 6.76. The zero-order valence-electron chi connectivity index (χ0n) is 10.1. The van der Waals surface area contributed by atoms with Crippen LogP contribution in [-0.2, 0) is 0 Å². The molecule has 0 spiro atoms. The number of nitrogens with two attached hydrogens (primary N) is 1. The SMILES string of the molecule is CC(C)[C@H](N)c1nc(-c2cccc(Cl)c2)no1.Cl. The molecule has 6 heteroatoms. The molecule has 4 nitrogen and oxygen atoms in total. The van der Waals surface area contributed by atoms with Gasteiger partial charge in [-0.3, -0.25) is 0 Å². The number of hydrogen-bond acceptors (Lipinski definition) is 4. The molecule has 0 fully saturated rings. The molecule has 0 unspecified atom stereocenters. The van der Waals surface area contributed by atoms with Crippen LogP contribution in [0.15, 0.2) is 28.8 Å². The van der Waals surface area contributed by atoms with Crippen molar-refractivity contribution in [2.24, 2.45) is 11.7 Å². The second-order valence-electron chi connectivity index (χ2n) is 4.24. The van der Waals surface area contributed by atoms with Gasteiger partial charge in [-0.25, -0.2) is 0 Å². The molecule has 18 heavy (non-hydrogen) atoms. The molecule has 0 radical (unpaired) electrons. The molecular formula is C12H15Cl2N3O. The van der Waals surface area contributed by atoms with E-state index < -0.39 is 0 Å². The minimum absolute atomic E-state index is 0. The molecule has 0 bridgehead atoms. The summed E-state index contributed by atoms with van der Waals surface area (Å²) in [6.45, 7) is 4.02. The summed E-state index contributed by atoms with van der Waals surface area (Å²) in [5, 5.41) is 4.55. The molecule has 0 saturated heterocycles. The first kappa shape index (κ1) is 15.0. The minimum Gasteiger partial charge on any atom is -0.337 e. The molecular weight excluding hydrogens is 273 g/mol. The van der Waals surface area contributed by atoms with Gasteiger partial charge in [0.05, 0.1) is 6.04 Å². The maximum Gasteiger partial charge on any atom is 0.244 e. The normalized spacial score (nSPS) is 12.3. The maximum absolute atomic E-state index is 5.94. The largest absolute Gasteiger partial charge is 0.337 e. The Morgan fingerprint density at radius 2 is 2.06 bits per heavy atom. The van der Waals surface area contributed by atoms with Crippen LogP contribution in [0.25, 0.3) is 11.4 Å². The minimum atomic E-state index is -0.240. The fourth-order valence-corrected chi connectivity index (χ4v) is 1.59. The zero-order chi connectivity index (χ0) is 12.4. The van der Waals surface area contributed by atoms with Gasteiger partial charge in [-0.2, -0.15) is 4.98 Å². The lowest BCUT2D eigenvalue weighted by molar-refractivity contribution is 0.325. The molecule has 0 saturated carbocycles. The Morgan fingerprint density at radius 1 is 1.33 bits per heavy atom. The summed E-state index contributed by atoms with van der Waals surface area (Å²) in [6.07, 6.45) is 0. The number of halogens is 2. The van der Waals surface area contributed by atoms with E-state index in [1.807, 2.05) is 26.0 Å². The van der Waals surface area contributed by atoms with Crippen LogP contribution in [0.1, 0.15) is 25.8 Å². The second-order valence-corrected chi connectivity index (χ2v) is 4.67. The first-order valence-electron chi connectivity index (χ1n) is 5.43. The molecule has 0 aliphatic rings. The fraction of sp³-hybridized carbons (Fsp3) is 0.333. The summed E-state index contributed by atoms with van der Waals surface area (Å²) in [7, 11) is 0. The molecule has 1 aromatic heterocycles. The maximum atomic E-state index is 5.94. The predicted octanol–water partition coefficient (Wildman–Crippen LogP) is 3.47. The van der Waals surface area contributed by atoms with E-state index in [0.29, 0.717) is 16.7 Å². The number of hydrogen-bond donors (Lipinski definition) is 1. The van der Waals surface area contributed by atoms with E-state index in [4.69, 9.17) is 21.9 Å². The Bertz CT molecular complexity index is 514. The van der Waals surface area contributed by atoms with Crippen LogP contribution in [-0.4, -0.2) is 10.1 Å². The first-order valence-corrected chi connectivity index (χ1v) is 5.81. The van der Waals surface area contributed by atoms with Gasteiger partial charge in [0.2, 0.25) is 11.7 Å². The van der Waals surface area contributed by atoms with Crippen LogP contribution >= 0.6 is 24.0 Å². The lowest BCUT2D eigenvalue weighted by Gasteiger charge is -2.09. The van der Waals surface area contributed by atoms with Gasteiger partial charge >= 0.3 is 0 Å². The van der Waals surface area contributed by atoms with E-state index in [9.17, 15) is 0 Å². The van der Waals surface area contributed by atoms with Crippen LogP contribution in [0, 0.1) is 5.92 Å². The lowest BCUT2D eigenvalue weighted by Crippen LogP contribution is -2.16. The highest BCUT2D eigenvalue weighted by atomic mass is 35.5. The van der Waals surface area contributed by atoms with Gasteiger partial charge in [-0.15, -0.1) is 12.4 Å². The quantitative estimate of drug-likeness (QED) is 0.939. The van der Waals surface area contributed by atoms with Crippen molar-refractivity contribution < 1.29 is 4.52 Å². The highest BCUT2D eigenvalue weighted by Gasteiger charge is 2.18. The molecule has 98 valence electrons. The van der Waals surface area contributed by atoms with Crippen molar-refractivity contribution in [3.05, 3.63) is 35.2 Å². The van der Waals surface area contributed by atoms with Crippen molar-refractivity contribution in [2.75, 3.05) is 0 Å². The Hall–Kier alpha value is -1.10. The summed E-state index contributed by atoms with van der Waals surface area (Å²) < 4.78 is 5.15. The Balaban J connectivity index is 0.00000162. The number of nitrogens with zero attached hydrogens (tertiary/aromatic N) is 2. The van der Waals surface area contributed by atoms with Gasteiger partial charge < -0.3 is 10.3 Å². The average molecular weight is 288 g/mol. The molecule has 1 aromatic carbocycles. The van der Waals surface area contributed by atoms with Gasteiger partial charge in [0.1, 0.15) is 0 Å². The van der Waals surface area contributed by atoms with Crippen molar-refractivity contribution in [3.8, 4) is 11.4 Å². The standard InChI is InChI=1S/C12H14ClN3O.ClH/c1-7(2)10(14)12-15-11(16-17-12)8-4-3-5-9(13)6-8;/h3-7,10H,14H2,1-2H3;1H/t10-;/m0./s1. The number of aromatic nitrogens is 2. The highest BCUT2D eigenvalue weighted by molar-refractivity contribution is 6.30. The van der Waals surface area contributed by atoms with E-state index in [1.54, 1.807) is 12.1 Å². The summed E-state index contributed by atoms with van der Waals surface area (Å²) in [4.78, 5) is 4.28. The van der Waals surface area contributed by atoms with E-state index in [2.05, 4.69) is 10.1 Å². The van der Waals surface area contributed by atoms with Crippen molar-refractivity contribution in [1.29, 1.82) is 0 Å². The average Bonchev–Trinajstić information content (AvgIpc) is 2.77. The molecule has 2 rings (SSSR count). The Labute approximate surface area is 117 Å². The number of benzene rings is 1. The fourth-order valence-electron chi connectivity index (χ4n) is 1.40. The van der Waals surface area contributed by atoms with Gasteiger partial charge in [0.25, 0.3) is 0 Å². The predicted molar refractivity (Wildman–Crippen MR) is 73.8 cm³/mol. The van der Waals surface area contributed by atoms with E-state index >= 15 is 0 Å². The topological polar surface area (TPSA) is 64.9 Å². The third kappa shape index (κ3) is 3.22. The van der Waals surface area contributed by atoms with Crippen LogP contribution < -0.4 is 5.73 Å². The van der Waals surface area contributed by atoms with Crippen LogP contribution in [0.5, 0.6) is 0 Å². The monoisotopic (exact) mass is 287 g/mol. The van der Waals surface area contributed by atoms with Crippen LogP contribution in [0.2, 0.25) is 5.02 Å². The van der Waals surface area contributed by atoms with E-state index in [1.165, 1.54) is 0 Å². The zero-order valence-corrected chi connectivity index (χ0v) is 11.7. The molecule has 0 amide bonds. The first-order chi connectivity index (χ1) is 8.08. The van der Waals surface area contributed by atoms with E-state index in [0.717, 1.165) is 5.56 Å². The van der Waals surface area contributed by atoms with Gasteiger partial charge in [0, 0.05) is 10.6 Å².